The van der Waals surface area contributed by atoms with Gasteiger partial charge in [-0.15, -0.1) is 19.0 Å². The van der Waals surface area contributed by atoms with Crippen LogP contribution in [0.4, 0.5) is 0 Å². The quantitative estimate of drug-likeness (QED) is 0.0356. The van der Waals surface area contributed by atoms with Gasteiger partial charge in [-0.3, -0.25) is 0 Å². The summed E-state index contributed by atoms with van der Waals surface area (Å²) in [5.74, 6) is 0. The van der Waals surface area contributed by atoms with Gasteiger partial charge in [0.1, 0.15) is 0 Å². The minimum absolute atomic E-state index is 0. The van der Waals surface area contributed by atoms with E-state index in [2.05, 4.69) is 39.4 Å². The summed E-state index contributed by atoms with van der Waals surface area (Å²) in [6, 6.07) is 0. The lowest BCUT2D eigenvalue weighted by Gasteiger charge is -2.30. The molecule has 0 aliphatic carbocycles. The number of rotatable bonds is 36. The monoisotopic (exact) mass is 707 g/mol. The fraction of sp³-hybridized carbons (Fsp3) is 0.953. The normalized spacial score (nSPS) is 11.1. The molecule has 0 atom stereocenters. The Labute approximate surface area is 312 Å². The van der Waals surface area contributed by atoms with Crippen molar-refractivity contribution in [2.45, 2.75) is 219 Å². The third-order valence-electron chi connectivity index (χ3n) is 9.73. The van der Waals surface area contributed by atoms with Crippen molar-refractivity contribution in [3.05, 3.63) is 12.7 Å². The second kappa shape index (κ2) is 46.2. The van der Waals surface area contributed by atoms with E-state index in [-0.39, 0.29) is 24.8 Å². The molecule has 0 bridgehead atoms. The molecule has 2 nitrogen and oxygen atoms in total. The molecule has 0 fully saturated rings. The molecule has 4 heteroatoms. The summed E-state index contributed by atoms with van der Waals surface area (Å²) >= 11 is 0. The predicted octanol–water partition coefficient (Wildman–Crippen LogP) is 11.7. The zero-order valence-electron chi connectivity index (χ0n) is 33.7. The van der Waals surface area contributed by atoms with E-state index in [1.54, 1.807) is 0 Å². The van der Waals surface area contributed by atoms with Gasteiger partial charge in [0.15, 0.2) is 0 Å². The van der Waals surface area contributed by atoms with Crippen LogP contribution in [0.5, 0.6) is 0 Å². The van der Waals surface area contributed by atoms with Crippen LogP contribution in [0.3, 0.4) is 0 Å². The first-order valence-electron chi connectivity index (χ1n) is 21.0. The van der Waals surface area contributed by atoms with E-state index < -0.39 is 0 Å². The predicted molar refractivity (Wildman–Crippen MR) is 217 cm³/mol. The van der Waals surface area contributed by atoms with E-state index in [4.69, 9.17) is 0 Å². The Kier molecular flexibility index (Phi) is 53.1. The molecule has 0 rings (SSSR count). The maximum Gasteiger partial charge on any atom is 0.0782 e. The molecule has 0 heterocycles. The number of quaternary nitrogens is 1. The summed E-state index contributed by atoms with van der Waals surface area (Å²) in [6.45, 7) is 11.9. The zero-order chi connectivity index (χ0) is 33.5. The van der Waals surface area contributed by atoms with Crippen LogP contribution in [-0.2, 0) is 0 Å². The smallest absolute Gasteiger partial charge is 0.0782 e. The Morgan fingerprint density at radius 2 is 0.596 bits per heavy atom. The zero-order valence-corrected chi connectivity index (χ0v) is 35.3. The Morgan fingerprint density at radius 1 is 0.404 bits per heavy atom. The van der Waals surface area contributed by atoms with Crippen LogP contribution < -0.4 is 12.4 Å². The van der Waals surface area contributed by atoms with E-state index in [9.17, 15) is 0 Å². The highest BCUT2D eigenvalue weighted by Crippen LogP contribution is 2.16. The molecule has 0 radical (unpaired) electrons. The third kappa shape index (κ3) is 53.2. The lowest BCUT2D eigenvalue weighted by molar-refractivity contribution is -0.890. The number of hydrogen-bond acceptors (Lipinski definition) is 1. The number of nitrogens with zero attached hydrogens (tertiary/aromatic N) is 2. The van der Waals surface area contributed by atoms with Crippen LogP contribution in [0, 0.1) is 0 Å². The minimum atomic E-state index is 0. The van der Waals surface area contributed by atoms with E-state index in [1.165, 1.54) is 223 Å². The van der Waals surface area contributed by atoms with Gasteiger partial charge in [-0.25, -0.2) is 0 Å². The van der Waals surface area contributed by atoms with Crippen LogP contribution in [0.15, 0.2) is 12.7 Å². The fourth-order valence-electron chi connectivity index (χ4n) is 6.55. The van der Waals surface area contributed by atoms with E-state index in [1.807, 2.05) is 20.2 Å². The maximum atomic E-state index is 3.56. The molecule has 0 aromatic rings. The van der Waals surface area contributed by atoms with Gasteiger partial charge >= 0.3 is 0 Å². The average Bonchev–Trinajstić information content (AvgIpc) is 3.01. The van der Waals surface area contributed by atoms with Crippen molar-refractivity contribution in [2.75, 3.05) is 47.8 Å². The Bertz CT molecular complexity index is 500. The van der Waals surface area contributed by atoms with Crippen LogP contribution in [0.25, 0.3) is 0 Å². The second-order valence-electron chi connectivity index (χ2n) is 15.5. The van der Waals surface area contributed by atoms with Crippen molar-refractivity contribution in [2.24, 2.45) is 0 Å². The molecule has 47 heavy (non-hydrogen) atoms. The summed E-state index contributed by atoms with van der Waals surface area (Å²) in [4.78, 5) is 2.06. The molecule has 0 aliphatic rings. The standard InChI is InChI=1S/C38H80N.C5H11N.2ClH/c1-5-7-9-11-13-15-17-19-21-23-25-27-29-31-33-35-37-39(3,4)38-36-34-32-30-28-26-24-22-20-18-16-14-12-10-8-6-2;1-4-5-6(2)3;;/h5-38H2,1-4H3;4H,1,5H2,2-3H3;2*1H/q+1;;;/p-1. The van der Waals surface area contributed by atoms with Crippen LogP contribution in [-0.4, -0.2) is 57.2 Å². The fourth-order valence-corrected chi connectivity index (χ4v) is 6.55. The molecule has 0 unspecified atom stereocenters. The van der Waals surface area contributed by atoms with Crippen LogP contribution in [0.1, 0.15) is 219 Å². The number of hydrogen-bond donors (Lipinski definition) is 0. The Balaban J connectivity index is -0.00000105. The SMILES string of the molecule is C=CCN(C)C.CCCCCCCCCCCCCCCCCC[N+](C)(C)CCCCCCCCCCCCCCCCCC.Cl.[Cl-]. The number of likely N-dealkylation sites (N-methyl/N-ethyl adjacent to an activating group) is 1. The van der Waals surface area contributed by atoms with Crippen molar-refractivity contribution in [1.29, 1.82) is 0 Å². The van der Waals surface area contributed by atoms with Gasteiger partial charge in [0, 0.05) is 6.54 Å². The summed E-state index contributed by atoms with van der Waals surface area (Å²) in [7, 11) is 8.97. The molecule has 0 saturated carbocycles. The molecule has 0 spiro atoms. The molecule has 0 aromatic carbocycles. The lowest BCUT2D eigenvalue weighted by Crippen LogP contribution is -3.00. The first-order chi connectivity index (χ1) is 21.9. The van der Waals surface area contributed by atoms with Crippen molar-refractivity contribution in [3.8, 4) is 0 Å². The van der Waals surface area contributed by atoms with Crippen molar-refractivity contribution in [3.63, 3.8) is 0 Å². The van der Waals surface area contributed by atoms with Crippen LogP contribution in [0.2, 0.25) is 0 Å². The Hall–Kier alpha value is 0.240. The first-order valence-corrected chi connectivity index (χ1v) is 21.0. The lowest BCUT2D eigenvalue weighted by atomic mass is 10.0. The second-order valence-corrected chi connectivity index (χ2v) is 15.5. The van der Waals surface area contributed by atoms with Crippen molar-refractivity contribution in [1.82, 2.24) is 4.90 Å². The van der Waals surface area contributed by atoms with Gasteiger partial charge in [-0.2, -0.15) is 0 Å². The Morgan fingerprint density at radius 3 is 0.745 bits per heavy atom. The molecule has 0 aliphatic heterocycles. The maximum absolute atomic E-state index is 3.56. The van der Waals surface area contributed by atoms with E-state index in [0.717, 1.165) is 6.54 Å². The first kappa shape index (κ1) is 54.0. The number of unbranched alkanes of at least 4 members (excludes halogenated alkanes) is 30. The van der Waals surface area contributed by atoms with Gasteiger partial charge < -0.3 is 21.8 Å². The molecule has 0 aromatic heterocycles. The van der Waals surface area contributed by atoms with Crippen LogP contribution >= 0.6 is 12.4 Å². The molecular weight excluding hydrogens is 615 g/mol. The van der Waals surface area contributed by atoms with Crippen molar-refractivity contribution < 1.29 is 16.9 Å². The van der Waals surface area contributed by atoms with E-state index in [0.29, 0.717) is 0 Å². The van der Waals surface area contributed by atoms with E-state index >= 15 is 0 Å². The summed E-state index contributed by atoms with van der Waals surface area (Å²) in [5.41, 5.74) is 0. The van der Waals surface area contributed by atoms with Gasteiger partial charge in [-0.1, -0.05) is 200 Å². The minimum Gasteiger partial charge on any atom is -1.00 e. The molecule has 0 amide bonds. The molecular formula is C43H92Cl2N2. The van der Waals surface area contributed by atoms with Crippen molar-refractivity contribution >= 4 is 12.4 Å². The largest absolute Gasteiger partial charge is 1.00 e. The highest BCUT2D eigenvalue weighted by Gasteiger charge is 2.13. The third-order valence-corrected chi connectivity index (χ3v) is 9.73. The van der Waals surface area contributed by atoms with Gasteiger partial charge in [-0.05, 0) is 39.8 Å². The molecule has 288 valence electrons. The van der Waals surface area contributed by atoms with Gasteiger partial charge in [0.05, 0.1) is 27.2 Å². The summed E-state index contributed by atoms with van der Waals surface area (Å²) in [6.07, 6.45) is 48.8. The van der Waals surface area contributed by atoms with Gasteiger partial charge in [0.2, 0.25) is 0 Å². The molecule has 0 saturated heterocycles. The summed E-state index contributed by atoms with van der Waals surface area (Å²) < 4.78 is 1.25. The van der Waals surface area contributed by atoms with Gasteiger partial charge in [0.25, 0.3) is 0 Å². The number of halogens is 2. The average molecular weight is 708 g/mol. The summed E-state index contributed by atoms with van der Waals surface area (Å²) in [5, 5.41) is 0. The molecule has 0 N–H and O–H groups in total. The topological polar surface area (TPSA) is 3.24 Å². The highest BCUT2D eigenvalue weighted by molar-refractivity contribution is 5.85. The highest BCUT2D eigenvalue weighted by atomic mass is 35.5.